The smallest absolute Gasteiger partial charge is 0.245 e. The molecule has 0 bridgehead atoms. The number of nitrogens with two attached hydrogens (primary N) is 1. The number of phenols is 1. The van der Waals surface area contributed by atoms with E-state index in [1.165, 1.54) is 31.6 Å². The van der Waals surface area contributed by atoms with Gasteiger partial charge in [-0.25, -0.2) is 4.98 Å². The molecule has 10 nitrogen and oxygen atoms in total. The summed E-state index contributed by atoms with van der Waals surface area (Å²) in [4.78, 5) is 42.8. The molecule has 0 saturated heterocycles. The van der Waals surface area contributed by atoms with Gasteiger partial charge in [-0.05, 0) is 31.0 Å². The molecule has 2 rings (SSSR count). The van der Waals surface area contributed by atoms with E-state index >= 15 is 0 Å². The number of aldehydes is 1. The Morgan fingerprint density at radius 1 is 1.21 bits per heavy atom. The SMILES string of the molecule is C[C@@H](O)[C@H](NC(=O)[C@@H](N)Cc1ccc(O)cc1)C(=O)N[C@H](C=O)Cc1cnc[nH]1. The molecule has 0 aliphatic heterocycles. The molecule has 4 atom stereocenters. The number of phenolic OH excluding ortho intramolecular Hbond substituents is 1. The van der Waals surface area contributed by atoms with Crippen LogP contribution in [0.1, 0.15) is 18.2 Å². The number of carbonyl (C=O) groups is 3. The van der Waals surface area contributed by atoms with Gasteiger partial charge in [0, 0.05) is 18.3 Å². The predicted molar refractivity (Wildman–Crippen MR) is 104 cm³/mol. The molecule has 0 fully saturated rings. The average Bonchev–Trinajstić information content (AvgIpc) is 3.19. The Hall–Kier alpha value is -3.24. The van der Waals surface area contributed by atoms with Crippen molar-refractivity contribution in [2.24, 2.45) is 5.73 Å². The van der Waals surface area contributed by atoms with Crippen LogP contribution in [0.25, 0.3) is 0 Å². The predicted octanol–water partition coefficient (Wildman–Crippen LogP) is -1.22. The molecule has 0 aliphatic carbocycles. The van der Waals surface area contributed by atoms with E-state index in [1.807, 2.05) is 0 Å². The van der Waals surface area contributed by atoms with Gasteiger partial charge in [0.05, 0.1) is 24.5 Å². The van der Waals surface area contributed by atoms with E-state index in [-0.39, 0.29) is 18.6 Å². The largest absolute Gasteiger partial charge is 0.508 e. The number of H-pyrrole nitrogens is 1. The summed E-state index contributed by atoms with van der Waals surface area (Å²) >= 11 is 0. The van der Waals surface area contributed by atoms with Gasteiger partial charge in [0.15, 0.2) is 0 Å². The van der Waals surface area contributed by atoms with E-state index in [0.29, 0.717) is 12.0 Å². The van der Waals surface area contributed by atoms with Crippen LogP contribution in [0.3, 0.4) is 0 Å². The molecule has 1 aromatic heterocycles. The van der Waals surface area contributed by atoms with Gasteiger partial charge in [-0.2, -0.15) is 0 Å². The van der Waals surface area contributed by atoms with Gasteiger partial charge in [0.25, 0.3) is 0 Å². The number of aliphatic hydroxyl groups excluding tert-OH is 1. The first-order chi connectivity index (χ1) is 13.8. The number of imidazole rings is 1. The molecular weight excluding hydrogens is 378 g/mol. The third-order valence-corrected chi connectivity index (χ3v) is 4.28. The van der Waals surface area contributed by atoms with Crippen molar-refractivity contribution in [3.05, 3.63) is 48.0 Å². The quantitative estimate of drug-likeness (QED) is 0.270. The fraction of sp³-hybridized carbons (Fsp3) is 0.368. The lowest BCUT2D eigenvalue weighted by atomic mass is 10.0. The molecule has 7 N–H and O–H groups in total. The molecule has 0 spiro atoms. The third-order valence-electron chi connectivity index (χ3n) is 4.28. The molecule has 1 heterocycles. The number of hydrogen-bond acceptors (Lipinski definition) is 7. The highest BCUT2D eigenvalue weighted by atomic mass is 16.3. The first kappa shape index (κ1) is 22.1. The lowest BCUT2D eigenvalue weighted by Gasteiger charge is -2.24. The Morgan fingerprint density at radius 3 is 2.45 bits per heavy atom. The Morgan fingerprint density at radius 2 is 1.90 bits per heavy atom. The van der Waals surface area contributed by atoms with Gasteiger partial charge < -0.3 is 36.4 Å². The summed E-state index contributed by atoms with van der Waals surface area (Å²) in [5.74, 6) is -1.24. The number of nitrogens with one attached hydrogen (secondary N) is 3. The van der Waals surface area contributed by atoms with E-state index in [0.717, 1.165) is 5.56 Å². The van der Waals surface area contributed by atoms with Crippen molar-refractivity contribution in [1.82, 2.24) is 20.6 Å². The number of aromatic hydroxyl groups is 1. The highest BCUT2D eigenvalue weighted by Crippen LogP contribution is 2.11. The lowest BCUT2D eigenvalue weighted by Crippen LogP contribution is -2.57. The fourth-order valence-corrected chi connectivity index (χ4v) is 2.68. The maximum Gasteiger partial charge on any atom is 0.245 e. The topological polar surface area (TPSA) is 170 Å². The number of carbonyl (C=O) groups excluding carboxylic acids is 3. The average molecular weight is 403 g/mol. The number of aromatic nitrogens is 2. The van der Waals surface area contributed by atoms with Crippen molar-refractivity contribution in [2.75, 3.05) is 0 Å². The molecule has 10 heteroatoms. The van der Waals surface area contributed by atoms with E-state index in [1.54, 1.807) is 12.1 Å². The number of benzene rings is 1. The highest BCUT2D eigenvalue weighted by molar-refractivity contribution is 5.91. The van der Waals surface area contributed by atoms with Gasteiger partial charge in [0.1, 0.15) is 18.1 Å². The van der Waals surface area contributed by atoms with E-state index in [9.17, 15) is 24.6 Å². The summed E-state index contributed by atoms with van der Waals surface area (Å²) in [7, 11) is 0. The van der Waals surface area contributed by atoms with Crippen LogP contribution < -0.4 is 16.4 Å². The number of aromatic amines is 1. The second kappa shape index (κ2) is 10.3. The number of amides is 2. The highest BCUT2D eigenvalue weighted by Gasteiger charge is 2.29. The number of aliphatic hydroxyl groups is 1. The normalized spacial score (nSPS) is 15.0. The summed E-state index contributed by atoms with van der Waals surface area (Å²) in [6, 6.07) is 3.11. The van der Waals surface area contributed by atoms with E-state index < -0.39 is 36.0 Å². The second-order valence-corrected chi connectivity index (χ2v) is 6.74. The fourth-order valence-electron chi connectivity index (χ4n) is 2.68. The minimum absolute atomic E-state index is 0.0949. The summed E-state index contributed by atoms with van der Waals surface area (Å²) < 4.78 is 0. The van der Waals surface area contributed by atoms with E-state index in [4.69, 9.17) is 5.73 Å². The van der Waals surface area contributed by atoms with Crippen LogP contribution in [0.5, 0.6) is 5.75 Å². The molecule has 2 amide bonds. The van der Waals surface area contributed by atoms with E-state index in [2.05, 4.69) is 20.6 Å². The molecular formula is C19H25N5O5. The maximum atomic E-state index is 12.5. The van der Waals surface area contributed by atoms with Gasteiger partial charge in [0.2, 0.25) is 11.8 Å². The molecule has 0 saturated carbocycles. The van der Waals surface area contributed by atoms with Crippen LogP contribution >= 0.6 is 0 Å². The zero-order valence-electron chi connectivity index (χ0n) is 15.9. The monoisotopic (exact) mass is 403 g/mol. The van der Waals surface area contributed by atoms with Crippen molar-refractivity contribution in [1.29, 1.82) is 0 Å². The number of hydrogen-bond donors (Lipinski definition) is 6. The number of nitrogens with zero attached hydrogens (tertiary/aromatic N) is 1. The maximum absolute atomic E-state index is 12.5. The van der Waals surface area contributed by atoms with Crippen molar-refractivity contribution in [3.8, 4) is 5.75 Å². The molecule has 0 unspecified atom stereocenters. The Labute approximate surface area is 167 Å². The molecule has 156 valence electrons. The van der Waals surface area contributed by atoms with Crippen LogP contribution in [0.4, 0.5) is 0 Å². The summed E-state index contributed by atoms with van der Waals surface area (Å²) in [6.45, 7) is 1.35. The van der Waals surface area contributed by atoms with Crippen molar-refractivity contribution < 1.29 is 24.6 Å². The minimum atomic E-state index is -1.28. The Balaban J connectivity index is 1.96. The van der Waals surface area contributed by atoms with Crippen molar-refractivity contribution in [3.63, 3.8) is 0 Å². The zero-order valence-corrected chi connectivity index (χ0v) is 15.9. The lowest BCUT2D eigenvalue weighted by molar-refractivity contribution is -0.133. The van der Waals surface area contributed by atoms with Gasteiger partial charge in [-0.3, -0.25) is 9.59 Å². The molecule has 0 radical (unpaired) electrons. The standard InChI is InChI=1S/C19H25N5O5/c1-11(26)17(19(29)23-14(9-25)7-13-8-21-10-22-13)24-18(28)16(20)6-12-2-4-15(27)5-3-12/h2-5,8-11,14,16-17,26-27H,6-7,20H2,1H3,(H,21,22)(H,23,29)(H,24,28)/t11-,14+,16+,17+/m1/s1. The zero-order chi connectivity index (χ0) is 21.4. The summed E-state index contributed by atoms with van der Waals surface area (Å²) in [5.41, 5.74) is 7.27. The third kappa shape index (κ3) is 6.70. The van der Waals surface area contributed by atoms with Gasteiger partial charge in [-0.15, -0.1) is 0 Å². The first-order valence-corrected chi connectivity index (χ1v) is 9.05. The minimum Gasteiger partial charge on any atom is -0.508 e. The molecule has 29 heavy (non-hydrogen) atoms. The molecule has 1 aromatic carbocycles. The molecule has 0 aliphatic rings. The Kier molecular flexibility index (Phi) is 7.87. The summed E-state index contributed by atoms with van der Waals surface area (Å²) in [5, 5.41) is 24.1. The Bertz CT molecular complexity index is 807. The summed E-state index contributed by atoms with van der Waals surface area (Å²) in [6.07, 6.45) is 2.70. The number of rotatable bonds is 10. The van der Waals surface area contributed by atoms with Crippen molar-refractivity contribution in [2.45, 2.75) is 44.0 Å². The van der Waals surface area contributed by atoms with Crippen LogP contribution in [-0.2, 0) is 27.2 Å². The second-order valence-electron chi connectivity index (χ2n) is 6.74. The van der Waals surface area contributed by atoms with Crippen LogP contribution in [-0.4, -0.2) is 62.5 Å². The molecule has 2 aromatic rings. The van der Waals surface area contributed by atoms with Crippen LogP contribution in [0, 0.1) is 0 Å². The van der Waals surface area contributed by atoms with Crippen LogP contribution in [0.2, 0.25) is 0 Å². The first-order valence-electron chi connectivity index (χ1n) is 9.05. The van der Waals surface area contributed by atoms with Gasteiger partial charge in [-0.1, -0.05) is 12.1 Å². The van der Waals surface area contributed by atoms with Crippen LogP contribution in [0.15, 0.2) is 36.8 Å². The van der Waals surface area contributed by atoms with Gasteiger partial charge >= 0.3 is 0 Å². The van der Waals surface area contributed by atoms with Crippen molar-refractivity contribution >= 4 is 18.1 Å².